The van der Waals surface area contributed by atoms with Crippen molar-refractivity contribution in [3.8, 4) is 22.7 Å². The maximum atomic E-state index is 13.1. The molecule has 1 atom stereocenters. The SMILES string of the molecule is CC(=O)[C@@H](OC(C)(C)C)c1c(C)cc2nc(-n3ccnc3)ccc2c1-c1ccc2c3c(ccnc13)CCO2. The second-order valence-electron chi connectivity index (χ2n) is 10.8. The maximum absolute atomic E-state index is 13.1. The van der Waals surface area contributed by atoms with Crippen LogP contribution in [0.1, 0.15) is 50.5 Å². The van der Waals surface area contributed by atoms with Gasteiger partial charge in [-0.25, -0.2) is 9.97 Å². The van der Waals surface area contributed by atoms with Crippen LogP contribution in [0.3, 0.4) is 0 Å². The van der Waals surface area contributed by atoms with Crippen LogP contribution in [0.5, 0.6) is 5.75 Å². The molecule has 7 nitrogen and oxygen atoms in total. The number of ketones is 1. The Bertz CT molecular complexity index is 1690. The molecule has 0 saturated carbocycles. The number of Topliss-reactive ketones (excluding diaryl/α,β-unsaturated/α-hetero) is 1. The highest BCUT2D eigenvalue weighted by atomic mass is 16.5. The van der Waals surface area contributed by atoms with Crippen LogP contribution in [-0.4, -0.2) is 37.5 Å². The van der Waals surface area contributed by atoms with Crippen LogP contribution in [0.15, 0.2) is 61.3 Å². The second kappa shape index (κ2) is 9.03. The number of carbonyl (C=O) groups is 1. The van der Waals surface area contributed by atoms with Gasteiger partial charge in [0.05, 0.1) is 23.2 Å². The first-order chi connectivity index (χ1) is 18.2. The zero-order valence-corrected chi connectivity index (χ0v) is 22.3. The van der Waals surface area contributed by atoms with E-state index in [9.17, 15) is 4.79 Å². The van der Waals surface area contributed by atoms with E-state index in [4.69, 9.17) is 19.4 Å². The summed E-state index contributed by atoms with van der Waals surface area (Å²) in [6.45, 7) is 10.2. The van der Waals surface area contributed by atoms with E-state index in [0.29, 0.717) is 6.61 Å². The molecule has 1 aliphatic rings. The Labute approximate surface area is 221 Å². The molecule has 0 radical (unpaired) electrons. The molecule has 192 valence electrons. The second-order valence-corrected chi connectivity index (χ2v) is 10.8. The molecule has 0 unspecified atom stereocenters. The van der Waals surface area contributed by atoms with Gasteiger partial charge in [-0.05, 0) is 93.3 Å². The highest BCUT2D eigenvalue weighted by Gasteiger charge is 2.31. The number of nitrogens with zero attached hydrogens (tertiary/aromatic N) is 4. The summed E-state index contributed by atoms with van der Waals surface area (Å²) in [4.78, 5) is 27.1. The molecule has 0 fully saturated rings. The van der Waals surface area contributed by atoms with Gasteiger partial charge in [-0.1, -0.05) is 0 Å². The van der Waals surface area contributed by atoms with Gasteiger partial charge in [-0.3, -0.25) is 14.3 Å². The number of ether oxygens (including phenoxy) is 2. The van der Waals surface area contributed by atoms with Crippen LogP contribution in [0, 0.1) is 6.92 Å². The molecule has 3 aromatic heterocycles. The number of carbonyl (C=O) groups excluding carboxylic acids is 1. The van der Waals surface area contributed by atoms with Gasteiger partial charge in [0.1, 0.15) is 24.0 Å². The molecule has 0 spiro atoms. The number of imidazole rings is 1. The first-order valence-corrected chi connectivity index (χ1v) is 12.9. The minimum Gasteiger partial charge on any atom is -0.493 e. The molecule has 0 amide bonds. The molecule has 0 saturated heterocycles. The largest absolute Gasteiger partial charge is 0.493 e. The Morgan fingerprint density at radius 2 is 1.97 bits per heavy atom. The first-order valence-electron chi connectivity index (χ1n) is 12.9. The van der Waals surface area contributed by atoms with Crippen molar-refractivity contribution in [1.82, 2.24) is 19.5 Å². The average molecular weight is 507 g/mol. The Morgan fingerprint density at radius 1 is 1.13 bits per heavy atom. The Balaban J connectivity index is 1.71. The minimum atomic E-state index is -0.746. The third-order valence-corrected chi connectivity index (χ3v) is 6.94. The van der Waals surface area contributed by atoms with Gasteiger partial charge in [0.25, 0.3) is 0 Å². The molecule has 6 rings (SSSR count). The fraction of sp³-hybridized carbons (Fsp3) is 0.290. The molecule has 1 aliphatic heterocycles. The van der Waals surface area contributed by atoms with Crippen molar-refractivity contribution in [2.24, 2.45) is 0 Å². The van der Waals surface area contributed by atoms with Crippen molar-refractivity contribution in [1.29, 1.82) is 0 Å². The third-order valence-electron chi connectivity index (χ3n) is 6.94. The topological polar surface area (TPSA) is 79.1 Å². The third kappa shape index (κ3) is 4.13. The molecule has 7 heteroatoms. The number of aryl methyl sites for hydroxylation is 1. The van der Waals surface area contributed by atoms with Crippen LogP contribution in [0.2, 0.25) is 0 Å². The molecule has 38 heavy (non-hydrogen) atoms. The van der Waals surface area contributed by atoms with E-state index in [1.54, 1.807) is 19.4 Å². The van der Waals surface area contributed by atoms with Crippen LogP contribution in [-0.2, 0) is 16.0 Å². The van der Waals surface area contributed by atoms with Crippen molar-refractivity contribution >= 4 is 27.6 Å². The van der Waals surface area contributed by atoms with Gasteiger partial charge in [0, 0.05) is 41.3 Å². The van der Waals surface area contributed by atoms with E-state index in [1.165, 1.54) is 5.56 Å². The van der Waals surface area contributed by atoms with E-state index in [1.807, 2.05) is 62.9 Å². The number of fused-ring (bicyclic) bond motifs is 1. The number of benzene rings is 2. The Kier molecular flexibility index (Phi) is 5.76. The Morgan fingerprint density at radius 3 is 2.71 bits per heavy atom. The fourth-order valence-electron chi connectivity index (χ4n) is 5.38. The lowest BCUT2D eigenvalue weighted by molar-refractivity contribution is -0.138. The monoisotopic (exact) mass is 506 g/mol. The highest BCUT2D eigenvalue weighted by Crippen LogP contribution is 2.45. The summed E-state index contributed by atoms with van der Waals surface area (Å²) in [6.07, 6.45) is 7.28. The standard InChI is InChI=1S/C31H30N4O3/c1-18-16-23-21(7-9-25(34-23)35-14-13-32-17-35)28(26(18)30(19(2)36)38-31(3,4)5)22-6-8-24-27-20(11-15-37-24)10-12-33-29(22)27/h6-10,12-14,16-17,30H,11,15H2,1-5H3/t30-/m1/s1. The zero-order chi connectivity index (χ0) is 26.6. The maximum Gasteiger partial charge on any atom is 0.163 e. The fourth-order valence-corrected chi connectivity index (χ4v) is 5.38. The van der Waals surface area contributed by atoms with E-state index >= 15 is 0 Å². The van der Waals surface area contributed by atoms with Gasteiger partial charge in [-0.15, -0.1) is 0 Å². The summed E-state index contributed by atoms with van der Waals surface area (Å²) in [5, 5.41) is 1.95. The molecular formula is C31H30N4O3. The van der Waals surface area contributed by atoms with Gasteiger partial charge in [0.15, 0.2) is 5.78 Å². The number of hydrogen-bond donors (Lipinski definition) is 0. The van der Waals surface area contributed by atoms with Crippen LogP contribution in [0.25, 0.3) is 38.8 Å². The number of pyridine rings is 2. The van der Waals surface area contributed by atoms with Crippen molar-refractivity contribution in [3.63, 3.8) is 0 Å². The first kappa shape index (κ1) is 24.2. The van der Waals surface area contributed by atoms with Crippen molar-refractivity contribution < 1.29 is 14.3 Å². The summed E-state index contributed by atoms with van der Waals surface area (Å²) in [5.74, 6) is 1.56. The predicted molar refractivity (Wildman–Crippen MR) is 148 cm³/mol. The molecular weight excluding hydrogens is 476 g/mol. The molecule has 0 N–H and O–H groups in total. The highest BCUT2D eigenvalue weighted by molar-refractivity contribution is 6.08. The molecule has 0 bridgehead atoms. The number of rotatable bonds is 5. The molecule has 4 heterocycles. The van der Waals surface area contributed by atoms with Crippen molar-refractivity contribution in [2.45, 2.75) is 52.7 Å². The summed E-state index contributed by atoms with van der Waals surface area (Å²) >= 11 is 0. The van der Waals surface area contributed by atoms with Gasteiger partial charge in [-0.2, -0.15) is 0 Å². The minimum absolute atomic E-state index is 0.0503. The van der Waals surface area contributed by atoms with Gasteiger partial charge >= 0.3 is 0 Å². The smallest absolute Gasteiger partial charge is 0.163 e. The van der Waals surface area contributed by atoms with E-state index in [2.05, 4.69) is 23.2 Å². The van der Waals surface area contributed by atoms with Gasteiger partial charge in [0.2, 0.25) is 0 Å². The molecule has 5 aromatic rings. The van der Waals surface area contributed by atoms with Crippen LogP contribution < -0.4 is 4.74 Å². The normalized spacial score (nSPS) is 14.0. The summed E-state index contributed by atoms with van der Waals surface area (Å²) in [7, 11) is 0. The summed E-state index contributed by atoms with van der Waals surface area (Å²) < 4.78 is 14.3. The van der Waals surface area contributed by atoms with E-state index in [-0.39, 0.29) is 5.78 Å². The lowest BCUT2D eigenvalue weighted by atomic mass is 9.85. The van der Waals surface area contributed by atoms with Crippen molar-refractivity contribution in [3.05, 3.63) is 78.0 Å². The van der Waals surface area contributed by atoms with E-state index < -0.39 is 11.7 Å². The Hall–Kier alpha value is -4.10. The lowest BCUT2D eigenvalue weighted by Gasteiger charge is -2.30. The van der Waals surface area contributed by atoms with Crippen LogP contribution in [0.4, 0.5) is 0 Å². The van der Waals surface area contributed by atoms with Crippen molar-refractivity contribution in [2.75, 3.05) is 6.61 Å². The van der Waals surface area contributed by atoms with Crippen LogP contribution >= 0.6 is 0 Å². The summed E-state index contributed by atoms with van der Waals surface area (Å²) in [5.41, 5.74) is 5.99. The number of hydrogen-bond acceptors (Lipinski definition) is 6. The molecule has 2 aromatic carbocycles. The summed E-state index contributed by atoms with van der Waals surface area (Å²) in [6, 6.07) is 12.2. The number of aromatic nitrogens is 4. The average Bonchev–Trinajstić information content (AvgIpc) is 3.42. The lowest BCUT2D eigenvalue weighted by Crippen LogP contribution is -2.27. The predicted octanol–water partition coefficient (Wildman–Crippen LogP) is 6.32. The molecule has 0 aliphatic carbocycles. The van der Waals surface area contributed by atoms with Gasteiger partial charge < -0.3 is 9.47 Å². The quantitative estimate of drug-likeness (QED) is 0.277. The van der Waals surface area contributed by atoms with E-state index in [0.717, 1.165) is 62.0 Å². The zero-order valence-electron chi connectivity index (χ0n) is 22.3.